The quantitative estimate of drug-likeness (QED) is 0.214. The zero-order valence-electron chi connectivity index (χ0n) is 28.0. The summed E-state index contributed by atoms with van der Waals surface area (Å²) in [6.45, 7) is 15.4. The molecule has 8 heteroatoms. The van der Waals surface area contributed by atoms with Crippen LogP contribution in [0.5, 0.6) is 17.2 Å². The van der Waals surface area contributed by atoms with E-state index in [0.29, 0.717) is 11.3 Å². The molecule has 0 bridgehead atoms. The SMILES string of the molecule is COc1ccc(CCN2CCN(C(=O)c3cccc(Oc4ccc5c(c4)c(C)c(C)n5CCCN4CCN(C)CC4)c3)CC2)cc1. The Bertz CT molecular complexity index is 1620. The van der Waals surface area contributed by atoms with E-state index in [2.05, 4.69) is 70.5 Å². The second-order valence-electron chi connectivity index (χ2n) is 12.9. The van der Waals surface area contributed by atoms with E-state index in [1.165, 1.54) is 27.7 Å². The highest BCUT2D eigenvalue weighted by atomic mass is 16.5. The number of hydrogen-bond donors (Lipinski definition) is 0. The molecule has 1 amide bonds. The van der Waals surface area contributed by atoms with Gasteiger partial charge in [0.05, 0.1) is 7.11 Å². The number of hydrogen-bond acceptors (Lipinski definition) is 6. The van der Waals surface area contributed by atoms with E-state index < -0.39 is 0 Å². The minimum atomic E-state index is 0.0656. The average molecular weight is 624 g/mol. The van der Waals surface area contributed by atoms with Gasteiger partial charge in [0.25, 0.3) is 5.91 Å². The van der Waals surface area contributed by atoms with Crippen molar-refractivity contribution in [2.24, 2.45) is 0 Å². The Morgan fingerprint density at radius 1 is 0.739 bits per heavy atom. The fourth-order valence-electron chi connectivity index (χ4n) is 6.77. The molecule has 2 aliphatic heterocycles. The largest absolute Gasteiger partial charge is 0.497 e. The van der Waals surface area contributed by atoms with Gasteiger partial charge in [-0.3, -0.25) is 9.69 Å². The van der Waals surface area contributed by atoms with Crippen molar-refractivity contribution >= 4 is 16.8 Å². The number of aryl methyl sites for hydroxylation is 2. The van der Waals surface area contributed by atoms with E-state index in [0.717, 1.165) is 96.3 Å². The highest BCUT2D eigenvalue weighted by Crippen LogP contribution is 2.31. The van der Waals surface area contributed by atoms with E-state index in [1.807, 2.05) is 41.3 Å². The molecule has 6 rings (SSSR count). The molecule has 0 spiro atoms. The summed E-state index contributed by atoms with van der Waals surface area (Å²) in [4.78, 5) is 22.8. The summed E-state index contributed by atoms with van der Waals surface area (Å²) in [5.41, 5.74) is 5.84. The summed E-state index contributed by atoms with van der Waals surface area (Å²) >= 11 is 0. The average Bonchev–Trinajstić information content (AvgIpc) is 3.32. The third-order valence-corrected chi connectivity index (χ3v) is 9.91. The van der Waals surface area contributed by atoms with Crippen molar-refractivity contribution < 1.29 is 14.3 Å². The van der Waals surface area contributed by atoms with Crippen LogP contribution in [0.25, 0.3) is 10.9 Å². The normalized spacial score (nSPS) is 16.7. The third kappa shape index (κ3) is 7.57. The summed E-state index contributed by atoms with van der Waals surface area (Å²) < 4.78 is 14.1. The molecule has 4 aromatic rings. The molecule has 3 aromatic carbocycles. The van der Waals surface area contributed by atoms with Gasteiger partial charge in [0.2, 0.25) is 0 Å². The van der Waals surface area contributed by atoms with Crippen LogP contribution in [0.4, 0.5) is 0 Å². The number of fused-ring (bicyclic) bond motifs is 1. The molecule has 0 atom stereocenters. The number of piperazine rings is 2. The van der Waals surface area contributed by atoms with Crippen molar-refractivity contribution in [1.29, 1.82) is 0 Å². The van der Waals surface area contributed by atoms with Crippen molar-refractivity contribution in [3.8, 4) is 17.2 Å². The minimum Gasteiger partial charge on any atom is -0.497 e. The van der Waals surface area contributed by atoms with Gasteiger partial charge in [-0.15, -0.1) is 0 Å². The van der Waals surface area contributed by atoms with Crippen LogP contribution in [0.1, 0.15) is 33.6 Å². The maximum absolute atomic E-state index is 13.4. The molecule has 244 valence electrons. The number of carbonyl (C=O) groups is 1. The molecule has 8 nitrogen and oxygen atoms in total. The van der Waals surface area contributed by atoms with Gasteiger partial charge >= 0.3 is 0 Å². The standard InChI is InChI=1S/C38H49N5O3/c1-29-30(2)43(17-6-16-40-21-19-39(3)20-22-40)37-14-13-35(28-36(29)37)46-34-8-5-7-32(27-34)38(44)42-25-23-41(24-26-42)18-15-31-9-11-33(45-4)12-10-31/h5,7-14,27-28H,6,15-26H2,1-4H3. The van der Waals surface area contributed by atoms with Crippen LogP contribution in [0, 0.1) is 13.8 Å². The molecule has 46 heavy (non-hydrogen) atoms. The zero-order valence-corrected chi connectivity index (χ0v) is 28.0. The number of benzene rings is 3. The second-order valence-corrected chi connectivity index (χ2v) is 12.9. The summed E-state index contributed by atoms with van der Waals surface area (Å²) in [7, 11) is 3.90. The number of amides is 1. The second kappa shape index (κ2) is 14.7. The van der Waals surface area contributed by atoms with Gasteiger partial charge in [-0.1, -0.05) is 18.2 Å². The molecule has 2 aliphatic rings. The van der Waals surface area contributed by atoms with E-state index in [4.69, 9.17) is 9.47 Å². The minimum absolute atomic E-state index is 0.0656. The van der Waals surface area contributed by atoms with Crippen molar-refractivity contribution in [3.05, 3.63) is 89.1 Å². The molecule has 0 N–H and O–H groups in total. The van der Waals surface area contributed by atoms with Crippen LogP contribution in [-0.4, -0.2) is 110 Å². The van der Waals surface area contributed by atoms with Gasteiger partial charge in [0.15, 0.2) is 0 Å². The first kappa shape index (κ1) is 32.1. The Kier molecular flexibility index (Phi) is 10.3. The van der Waals surface area contributed by atoms with Gasteiger partial charge in [0, 0.05) is 87.6 Å². The molecule has 2 saturated heterocycles. The Morgan fingerprint density at radius 2 is 1.41 bits per heavy atom. The summed E-state index contributed by atoms with van der Waals surface area (Å²) in [6, 6.07) is 22.3. The predicted molar refractivity (Wildman–Crippen MR) is 186 cm³/mol. The Morgan fingerprint density at radius 3 is 2.15 bits per heavy atom. The first-order chi connectivity index (χ1) is 22.4. The summed E-state index contributed by atoms with van der Waals surface area (Å²) in [5, 5.41) is 1.23. The number of aromatic nitrogens is 1. The van der Waals surface area contributed by atoms with Crippen molar-refractivity contribution in [1.82, 2.24) is 24.2 Å². The van der Waals surface area contributed by atoms with Crippen LogP contribution in [0.15, 0.2) is 66.7 Å². The monoisotopic (exact) mass is 623 g/mol. The molecule has 2 fully saturated rings. The van der Waals surface area contributed by atoms with Crippen LogP contribution in [0.3, 0.4) is 0 Å². The van der Waals surface area contributed by atoms with E-state index in [-0.39, 0.29) is 5.91 Å². The first-order valence-corrected chi connectivity index (χ1v) is 16.8. The first-order valence-electron chi connectivity index (χ1n) is 16.8. The van der Waals surface area contributed by atoms with E-state index >= 15 is 0 Å². The molecule has 0 radical (unpaired) electrons. The lowest BCUT2D eigenvalue weighted by Crippen LogP contribution is -2.49. The molecule has 1 aromatic heterocycles. The highest BCUT2D eigenvalue weighted by Gasteiger charge is 2.23. The molecule has 3 heterocycles. The highest BCUT2D eigenvalue weighted by molar-refractivity contribution is 5.94. The van der Waals surface area contributed by atoms with Crippen molar-refractivity contribution in [2.75, 3.05) is 79.6 Å². The van der Waals surface area contributed by atoms with Crippen molar-refractivity contribution in [3.63, 3.8) is 0 Å². The van der Waals surface area contributed by atoms with Crippen LogP contribution in [-0.2, 0) is 13.0 Å². The summed E-state index contributed by atoms with van der Waals surface area (Å²) in [6.07, 6.45) is 2.13. The van der Waals surface area contributed by atoms with Gasteiger partial charge in [-0.2, -0.15) is 0 Å². The van der Waals surface area contributed by atoms with Gasteiger partial charge < -0.3 is 28.7 Å². The lowest BCUT2D eigenvalue weighted by atomic mass is 10.1. The van der Waals surface area contributed by atoms with Gasteiger partial charge in [-0.05, 0) is 99.9 Å². The predicted octanol–water partition coefficient (Wildman–Crippen LogP) is 5.70. The number of methoxy groups -OCH3 is 1. The molecule has 0 aliphatic carbocycles. The number of likely N-dealkylation sites (N-methyl/N-ethyl adjacent to an activating group) is 1. The Labute approximate surface area is 274 Å². The Hall–Kier alpha value is -3.85. The number of rotatable bonds is 11. The van der Waals surface area contributed by atoms with Crippen molar-refractivity contribution in [2.45, 2.75) is 33.2 Å². The zero-order chi connectivity index (χ0) is 32.0. The molecule has 0 saturated carbocycles. The van der Waals surface area contributed by atoms with E-state index in [9.17, 15) is 4.79 Å². The lowest BCUT2D eigenvalue weighted by Gasteiger charge is -2.34. The van der Waals surface area contributed by atoms with Crippen LogP contribution >= 0.6 is 0 Å². The van der Waals surface area contributed by atoms with Crippen LogP contribution in [0.2, 0.25) is 0 Å². The smallest absolute Gasteiger partial charge is 0.254 e. The summed E-state index contributed by atoms with van der Waals surface area (Å²) in [5.74, 6) is 2.43. The van der Waals surface area contributed by atoms with Gasteiger partial charge in [-0.25, -0.2) is 0 Å². The van der Waals surface area contributed by atoms with E-state index in [1.54, 1.807) is 7.11 Å². The van der Waals surface area contributed by atoms with Gasteiger partial charge in [0.1, 0.15) is 17.2 Å². The lowest BCUT2D eigenvalue weighted by molar-refractivity contribution is 0.0638. The Balaban J connectivity index is 1.03. The number of ether oxygens (including phenoxy) is 2. The fraction of sp³-hybridized carbons (Fsp3) is 0.447. The molecule has 0 unspecified atom stereocenters. The fourth-order valence-corrected chi connectivity index (χ4v) is 6.77. The molecular formula is C38H49N5O3. The third-order valence-electron chi connectivity index (χ3n) is 9.91. The topological polar surface area (TPSA) is 53.4 Å². The van der Waals surface area contributed by atoms with Crippen LogP contribution < -0.4 is 9.47 Å². The maximum Gasteiger partial charge on any atom is 0.254 e. The molecular weight excluding hydrogens is 574 g/mol. The number of carbonyl (C=O) groups excluding carboxylic acids is 1. The maximum atomic E-state index is 13.4. The number of nitrogens with zero attached hydrogens (tertiary/aromatic N) is 5.